The van der Waals surface area contributed by atoms with E-state index in [-0.39, 0.29) is 11.4 Å². The first kappa shape index (κ1) is 8.40. The maximum absolute atomic E-state index is 8.95. The molecule has 0 heterocycles. The minimum atomic E-state index is -2.83. The Labute approximate surface area is 68.9 Å². The van der Waals surface area contributed by atoms with E-state index in [1.54, 1.807) is 0 Å². The summed E-state index contributed by atoms with van der Waals surface area (Å²) in [4.78, 5) is 0. The predicted octanol–water partition coefficient (Wildman–Crippen LogP) is -1.35. The van der Waals surface area contributed by atoms with Gasteiger partial charge in [-0.1, -0.05) is 0 Å². The van der Waals surface area contributed by atoms with Crippen molar-refractivity contribution in [2.75, 3.05) is 5.73 Å². The number of aromatic hydroxyl groups is 1. The van der Waals surface area contributed by atoms with Crippen molar-refractivity contribution < 1.29 is 13.3 Å². The topological polar surface area (TPSA) is 86.7 Å². The minimum absolute atomic E-state index is 0.0374. The molecule has 0 amide bonds. The molecule has 0 radical (unpaired) electrons. The summed E-state index contributed by atoms with van der Waals surface area (Å²) < 4.78 is 18.0. The van der Waals surface area contributed by atoms with Crippen LogP contribution in [0, 0.1) is 0 Å². The summed E-state index contributed by atoms with van der Waals surface area (Å²) in [6, 6.07) is 4.17. The molecular weight excluding hydrogens is 209 g/mol. The zero-order valence-corrected chi connectivity index (χ0v) is 7.47. The van der Waals surface area contributed by atoms with Crippen molar-refractivity contribution in [3.63, 3.8) is 0 Å². The van der Waals surface area contributed by atoms with Gasteiger partial charge in [-0.3, -0.25) is 0 Å². The molecule has 0 aliphatic heterocycles. The van der Waals surface area contributed by atoms with Gasteiger partial charge in [-0.05, 0) is 0 Å². The summed E-state index contributed by atoms with van der Waals surface area (Å²) in [5.41, 5.74) is 5.48. The molecule has 0 bridgehead atoms. The average molecular weight is 217 g/mol. The van der Waals surface area contributed by atoms with E-state index in [1.807, 2.05) is 0 Å². The Bertz CT molecular complexity index is 264. The van der Waals surface area contributed by atoms with E-state index in [4.69, 9.17) is 19.0 Å². The van der Waals surface area contributed by atoms with Crippen LogP contribution in [-0.4, -0.2) is 28.6 Å². The summed E-state index contributed by atoms with van der Waals surface area (Å²) in [5.74, 6) is -0.0374. The van der Waals surface area contributed by atoms with E-state index >= 15 is 0 Å². The molecule has 0 saturated carbocycles. The van der Waals surface area contributed by atoms with Gasteiger partial charge in [0.15, 0.2) is 0 Å². The van der Waals surface area contributed by atoms with Crippen molar-refractivity contribution >= 4 is 25.4 Å². The SMILES string of the molecule is Nc1cc([As](O)O)ccc1O. The number of hydrogen-bond donors (Lipinski definition) is 4. The van der Waals surface area contributed by atoms with Crippen molar-refractivity contribution in [2.24, 2.45) is 0 Å². The molecule has 0 atom stereocenters. The Hall–Kier alpha value is -0.702. The number of nitrogens with two attached hydrogens (primary N) is 1. The number of hydrogen-bond acceptors (Lipinski definition) is 4. The van der Waals surface area contributed by atoms with Gasteiger partial charge in [0.1, 0.15) is 0 Å². The van der Waals surface area contributed by atoms with Crippen LogP contribution in [0.5, 0.6) is 5.75 Å². The second-order valence-corrected chi connectivity index (χ2v) is 4.33. The summed E-state index contributed by atoms with van der Waals surface area (Å²) in [6.45, 7) is 0. The normalized spacial score (nSPS) is 10.5. The Balaban J connectivity index is 3.05. The first-order valence-electron chi connectivity index (χ1n) is 2.87. The van der Waals surface area contributed by atoms with Gasteiger partial charge in [-0.2, -0.15) is 0 Å². The van der Waals surface area contributed by atoms with Crippen LogP contribution in [0.3, 0.4) is 0 Å². The second kappa shape index (κ2) is 3.13. The second-order valence-electron chi connectivity index (χ2n) is 2.03. The van der Waals surface area contributed by atoms with Crippen LogP contribution in [0.1, 0.15) is 0 Å². The molecular formula is C6H8AsNO3. The monoisotopic (exact) mass is 217 g/mol. The van der Waals surface area contributed by atoms with Crippen molar-refractivity contribution in [3.8, 4) is 5.75 Å². The van der Waals surface area contributed by atoms with Gasteiger partial charge in [-0.15, -0.1) is 0 Å². The van der Waals surface area contributed by atoms with Gasteiger partial charge in [0.2, 0.25) is 0 Å². The van der Waals surface area contributed by atoms with Crippen LogP contribution >= 0.6 is 0 Å². The van der Waals surface area contributed by atoms with E-state index in [0.717, 1.165) is 0 Å². The van der Waals surface area contributed by atoms with E-state index in [2.05, 4.69) is 0 Å². The number of benzene rings is 1. The molecule has 5 N–H and O–H groups in total. The Kier molecular flexibility index (Phi) is 2.39. The molecule has 0 aliphatic rings. The van der Waals surface area contributed by atoms with Crippen LogP contribution in [0.15, 0.2) is 18.2 Å². The van der Waals surface area contributed by atoms with Crippen LogP contribution < -0.4 is 10.1 Å². The van der Waals surface area contributed by atoms with E-state index in [0.29, 0.717) is 4.35 Å². The third-order valence-electron chi connectivity index (χ3n) is 1.24. The van der Waals surface area contributed by atoms with Crippen LogP contribution in [0.2, 0.25) is 0 Å². The number of phenolic OH excluding ortho intramolecular Hbond substituents is 1. The molecule has 1 aromatic rings. The first-order chi connectivity index (χ1) is 5.11. The van der Waals surface area contributed by atoms with Crippen LogP contribution in [-0.2, 0) is 0 Å². The quantitative estimate of drug-likeness (QED) is 0.266. The number of anilines is 1. The van der Waals surface area contributed by atoms with E-state index < -0.39 is 15.3 Å². The third kappa shape index (κ3) is 1.86. The van der Waals surface area contributed by atoms with Crippen molar-refractivity contribution in [3.05, 3.63) is 18.2 Å². The summed E-state index contributed by atoms with van der Waals surface area (Å²) in [6.07, 6.45) is 0. The molecule has 5 heteroatoms. The summed E-state index contributed by atoms with van der Waals surface area (Å²) in [5, 5.41) is 8.95. The van der Waals surface area contributed by atoms with Gasteiger partial charge in [0.05, 0.1) is 0 Å². The fraction of sp³-hybridized carbons (Fsp3) is 0. The van der Waals surface area contributed by atoms with Crippen molar-refractivity contribution in [1.82, 2.24) is 0 Å². The molecule has 0 spiro atoms. The Morgan fingerprint density at radius 2 is 1.91 bits per heavy atom. The summed E-state index contributed by atoms with van der Waals surface area (Å²) >= 11 is -2.83. The number of phenols is 1. The molecule has 0 aromatic heterocycles. The molecule has 60 valence electrons. The Morgan fingerprint density at radius 1 is 1.27 bits per heavy atom. The predicted molar refractivity (Wildman–Crippen MR) is 42.3 cm³/mol. The first-order valence-corrected chi connectivity index (χ1v) is 5.49. The molecule has 0 fully saturated rings. The average Bonchev–Trinajstić information content (AvgIpc) is 1.94. The zero-order valence-electron chi connectivity index (χ0n) is 5.60. The van der Waals surface area contributed by atoms with Crippen LogP contribution in [0.25, 0.3) is 0 Å². The molecule has 1 aromatic carbocycles. The van der Waals surface area contributed by atoms with Gasteiger partial charge in [0, 0.05) is 0 Å². The molecule has 0 saturated heterocycles. The molecule has 0 aliphatic carbocycles. The molecule has 0 unspecified atom stereocenters. The third-order valence-corrected chi connectivity index (χ3v) is 2.79. The fourth-order valence-electron chi connectivity index (χ4n) is 0.666. The van der Waals surface area contributed by atoms with Gasteiger partial charge in [0.25, 0.3) is 0 Å². The van der Waals surface area contributed by atoms with Crippen molar-refractivity contribution in [2.45, 2.75) is 0 Å². The Morgan fingerprint density at radius 3 is 2.36 bits per heavy atom. The maximum atomic E-state index is 8.95. The zero-order chi connectivity index (χ0) is 8.43. The van der Waals surface area contributed by atoms with E-state index in [9.17, 15) is 0 Å². The standard InChI is InChI=1S/C6H8AsNO3/c8-5-3-4(7(10)11)1-2-6(5)9/h1-3,9-11H,8H2. The van der Waals surface area contributed by atoms with Gasteiger partial charge < -0.3 is 0 Å². The van der Waals surface area contributed by atoms with Gasteiger partial charge >= 0.3 is 68.4 Å². The summed E-state index contributed by atoms with van der Waals surface area (Å²) in [7, 11) is 0. The van der Waals surface area contributed by atoms with Gasteiger partial charge in [-0.25, -0.2) is 0 Å². The van der Waals surface area contributed by atoms with Crippen molar-refractivity contribution in [1.29, 1.82) is 0 Å². The van der Waals surface area contributed by atoms with Crippen LogP contribution in [0.4, 0.5) is 5.69 Å². The number of rotatable bonds is 1. The van der Waals surface area contributed by atoms with E-state index in [1.165, 1.54) is 18.2 Å². The molecule has 4 nitrogen and oxygen atoms in total. The fourth-order valence-corrected chi connectivity index (χ4v) is 1.64. The number of nitrogen functional groups attached to an aromatic ring is 1. The molecule has 1 rings (SSSR count). The molecule has 11 heavy (non-hydrogen) atoms.